The van der Waals surface area contributed by atoms with Crippen molar-refractivity contribution in [2.75, 3.05) is 13.1 Å². The third-order valence-corrected chi connectivity index (χ3v) is 2.96. The van der Waals surface area contributed by atoms with E-state index in [1.54, 1.807) is 18.5 Å². The van der Waals surface area contributed by atoms with Gasteiger partial charge in [-0.25, -0.2) is 9.97 Å². The number of hydrogen-bond acceptors (Lipinski definition) is 7. The van der Waals surface area contributed by atoms with E-state index in [4.69, 9.17) is 9.26 Å². The molecule has 0 aliphatic carbocycles. The molecule has 0 aromatic carbocycles. The van der Waals surface area contributed by atoms with E-state index in [-0.39, 0.29) is 6.10 Å². The van der Waals surface area contributed by atoms with Crippen LogP contribution in [0.1, 0.15) is 18.7 Å². The summed E-state index contributed by atoms with van der Waals surface area (Å²) in [6.45, 7) is 2.33. The van der Waals surface area contributed by atoms with Gasteiger partial charge >= 0.3 is 0 Å². The largest absolute Gasteiger partial charge is 0.368 e. The molecule has 1 aliphatic heterocycles. The molecule has 1 N–H and O–H groups in total. The Morgan fingerprint density at radius 2 is 2.00 bits per heavy atom. The SMILES string of the molecule is c1cnc(-c2noc(COC3CCNCC3)n2)nc1. The van der Waals surface area contributed by atoms with Crippen LogP contribution in [-0.4, -0.2) is 39.3 Å². The molecule has 0 radical (unpaired) electrons. The molecule has 100 valence electrons. The summed E-state index contributed by atoms with van der Waals surface area (Å²) in [5.41, 5.74) is 0. The highest BCUT2D eigenvalue weighted by atomic mass is 16.5. The molecule has 3 heterocycles. The van der Waals surface area contributed by atoms with E-state index in [9.17, 15) is 0 Å². The third kappa shape index (κ3) is 3.12. The molecular weight excluding hydrogens is 246 g/mol. The number of piperidine rings is 1. The van der Waals surface area contributed by atoms with E-state index >= 15 is 0 Å². The van der Waals surface area contributed by atoms with E-state index in [1.165, 1.54) is 0 Å². The van der Waals surface area contributed by atoms with Crippen LogP contribution >= 0.6 is 0 Å². The Morgan fingerprint density at radius 3 is 2.79 bits per heavy atom. The van der Waals surface area contributed by atoms with Gasteiger partial charge in [0.05, 0.1) is 6.10 Å². The van der Waals surface area contributed by atoms with Crippen LogP contribution in [0.2, 0.25) is 0 Å². The summed E-state index contributed by atoms with van der Waals surface area (Å²) in [6.07, 6.45) is 5.59. The van der Waals surface area contributed by atoms with Crippen molar-refractivity contribution in [2.45, 2.75) is 25.6 Å². The maximum absolute atomic E-state index is 5.74. The van der Waals surface area contributed by atoms with Crippen molar-refractivity contribution < 1.29 is 9.26 Å². The zero-order valence-corrected chi connectivity index (χ0v) is 10.5. The Bertz CT molecular complexity index is 510. The zero-order valence-electron chi connectivity index (χ0n) is 10.5. The lowest BCUT2D eigenvalue weighted by molar-refractivity contribution is 0.00859. The zero-order chi connectivity index (χ0) is 12.9. The molecule has 0 atom stereocenters. The Hall–Kier alpha value is -1.86. The van der Waals surface area contributed by atoms with Crippen LogP contribution in [0.5, 0.6) is 0 Å². The predicted octanol–water partition coefficient (Wildman–Crippen LogP) is 0.795. The van der Waals surface area contributed by atoms with Crippen LogP contribution in [0.4, 0.5) is 0 Å². The van der Waals surface area contributed by atoms with Crippen LogP contribution in [0.25, 0.3) is 11.6 Å². The minimum absolute atomic E-state index is 0.268. The van der Waals surface area contributed by atoms with Gasteiger partial charge in [-0.3, -0.25) is 0 Å². The summed E-state index contributed by atoms with van der Waals surface area (Å²) in [5.74, 6) is 1.31. The predicted molar refractivity (Wildman–Crippen MR) is 66.0 cm³/mol. The van der Waals surface area contributed by atoms with Crippen LogP contribution in [-0.2, 0) is 11.3 Å². The van der Waals surface area contributed by atoms with E-state index < -0.39 is 0 Å². The van der Waals surface area contributed by atoms with Gasteiger partial charge in [-0.15, -0.1) is 0 Å². The first-order chi connectivity index (χ1) is 9.42. The number of aromatic nitrogens is 4. The highest BCUT2D eigenvalue weighted by Gasteiger charge is 2.16. The second-order valence-electron chi connectivity index (χ2n) is 4.34. The number of nitrogens with zero attached hydrogens (tertiary/aromatic N) is 4. The number of rotatable bonds is 4. The minimum atomic E-state index is 0.268. The second-order valence-corrected chi connectivity index (χ2v) is 4.34. The van der Waals surface area contributed by atoms with Crippen molar-refractivity contribution in [3.05, 3.63) is 24.4 Å². The third-order valence-electron chi connectivity index (χ3n) is 2.96. The van der Waals surface area contributed by atoms with Gasteiger partial charge in [0.25, 0.3) is 5.89 Å². The number of ether oxygens (including phenoxy) is 1. The lowest BCUT2D eigenvalue weighted by atomic mass is 10.1. The summed E-state index contributed by atoms with van der Waals surface area (Å²) < 4.78 is 10.9. The molecule has 7 nitrogen and oxygen atoms in total. The monoisotopic (exact) mass is 261 g/mol. The first-order valence-corrected chi connectivity index (χ1v) is 6.34. The molecule has 1 aliphatic rings. The van der Waals surface area contributed by atoms with Crippen molar-refractivity contribution in [3.8, 4) is 11.6 Å². The van der Waals surface area contributed by atoms with Crippen molar-refractivity contribution in [2.24, 2.45) is 0 Å². The van der Waals surface area contributed by atoms with E-state index in [0.717, 1.165) is 25.9 Å². The van der Waals surface area contributed by atoms with Crippen LogP contribution in [0, 0.1) is 0 Å². The maximum atomic E-state index is 5.74. The van der Waals surface area contributed by atoms with Crippen molar-refractivity contribution in [3.63, 3.8) is 0 Å². The Balaban J connectivity index is 1.59. The van der Waals surface area contributed by atoms with Gasteiger partial charge < -0.3 is 14.6 Å². The van der Waals surface area contributed by atoms with Gasteiger partial charge in [0.2, 0.25) is 11.6 Å². The molecule has 0 bridgehead atoms. The lowest BCUT2D eigenvalue weighted by Crippen LogP contribution is -2.32. The van der Waals surface area contributed by atoms with Crippen molar-refractivity contribution in [1.29, 1.82) is 0 Å². The Kier molecular flexibility index (Phi) is 3.75. The van der Waals surface area contributed by atoms with Crippen molar-refractivity contribution in [1.82, 2.24) is 25.4 Å². The summed E-state index contributed by atoms with van der Waals surface area (Å²) in [6, 6.07) is 1.74. The van der Waals surface area contributed by atoms with E-state index in [1.807, 2.05) is 0 Å². The fourth-order valence-electron chi connectivity index (χ4n) is 1.97. The quantitative estimate of drug-likeness (QED) is 0.870. The average Bonchev–Trinajstić information content (AvgIpc) is 2.96. The summed E-state index contributed by atoms with van der Waals surface area (Å²) in [4.78, 5) is 12.4. The van der Waals surface area contributed by atoms with Crippen molar-refractivity contribution >= 4 is 0 Å². The number of hydrogen-bond donors (Lipinski definition) is 1. The normalized spacial score (nSPS) is 16.6. The standard InChI is InChI=1S/C12H15N5O2/c1-4-14-11(15-5-1)12-16-10(19-17-12)8-18-9-2-6-13-7-3-9/h1,4-5,9,13H,2-3,6-8H2. The fraction of sp³-hybridized carbons (Fsp3) is 0.500. The molecule has 2 aromatic heterocycles. The smallest absolute Gasteiger partial charge is 0.253 e. The Morgan fingerprint density at radius 1 is 1.21 bits per heavy atom. The fourth-order valence-corrected chi connectivity index (χ4v) is 1.97. The van der Waals surface area contributed by atoms with Gasteiger partial charge in [0, 0.05) is 12.4 Å². The summed E-state index contributed by atoms with van der Waals surface area (Å²) >= 11 is 0. The summed E-state index contributed by atoms with van der Waals surface area (Å²) in [7, 11) is 0. The molecule has 0 spiro atoms. The highest BCUT2D eigenvalue weighted by Crippen LogP contribution is 2.13. The molecule has 7 heteroatoms. The van der Waals surface area contributed by atoms with E-state index in [0.29, 0.717) is 24.1 Å². The van der Waals surface area contributed by atoms with Gasteiger partial charge in [-0.1, -0.05) is 5.16 Å². The molecule has 0 saturated carbocycles. The first kappa shape index (κ1) is 12.2. The summed E-state index contributed by atoms with van der Waals surface area (Å²) in [5, 5.41) is 7.14. The lowest BCUT2D eigenvalue weighted by Gasteiger charge is -2.21. The molecule has 3 rings (SSSR count). The second kappa shape index (κ2) is 5.85. The van der Waals surface area contributed by atoms with Gasteiger partial charge in [-0.2, -0.15) is 4.98 Å². The molecular formula is C12H15N5O2. The first-order valence-electron chi connectivity index (χ1n) is 6.34. The molecule has 1 fully saturated rings. The van der Waals surface area contributed by atoms with E-state index in [2.05, 4.69) is 25.4 Å². The van der Waals surface area contributed by atoms with Gasteiger partial charge in [0.15, 0.2) is 0 Å². The molecule has 0 unspecified atom stereocenters. The minimum Gasteiger partial charge on any atom is -0.368 e. The van der Waals surface area contributed by atoms with Crippen LogP contribution in [0.3, 0.4) is 0 Å². The highest BCUT2D eigenvalue weighted by molar-refractivity contribution is 5.40. The number of nitrogens with one attached hydrogen (secondary N) is 1. The molecule has 2 aromatic rings. The maximum Gasteiger partial charge on any atom is 0.253 e. The van der Waals surface area contributed by atoms with Crippen LogP contribution < -0.4 is 5.32 Å². The molecule has 1 saturated heterocycles. The van der Waals surface area contributed by atoms with Crippen LogP contribution in [0.15, 0.2) is 23.0 Å². The van der Waals surface area contributed by atoms with Gasteiger partial charge in [0.1, 0.15) is 6.61 Å². The van der Waals surface area contributed by atoms with Gasteiger partial charge in [-0.05, 0) is 32.0 Å². The Labute approximate surface area is 110 Å². The molecule has 19 heavy (non-hydrogen) atoms. The average molecular weight is 261 g/mol. The molecule has 0 amide bonds. The topological polar surface area (TPSA) is 86.0 Å².